The first kappa shape index (κ1) is 20.8. The van der Waals surface area contributed by atoms with Crippen LogP contribution < -0.4 is 10.5 Å². The van der Waals surface area contributed by atoms with E-state index in [0.29, 0.717) is 11.3 Å². The molecule has 29 heavy (non-hydrogen) atoms. The number of hydrogen-bond donors (Lipinski definition) is 1. The Kier molecular flexibility index (Phi) is 7.20. The summed E-state index contributed by atoms with van der Waals surface area (Å²) >= 11 is 1.84. The fourth-order valence-corrected chi connectivity index (χ4v) is 5.13. The zero-order valence-electron chi connectivity index (χ0n) is 17.1. The van der Waals surface area contributed by atoms with Crippen molar-refractivity contribution in [3.05, 3.63) is 24.4 Å². The van der Waals surface area contributed by atoms with Crippen LogP contribution in [-0.4, -0.2) is 90.7 Å². The lowest BCUT2D eigenvalue weighted by atomic mass is 10.1. The van der Waals surface area contributed by atoms with Crippen molar-refractivity contribution in [1.29, 1.82) is 0 Å². The molecular weight excluding hydrogens is 386 g/mol. The van der Waals surface area contributed by atoms with Gasteiger partial charge in [0.15, 0.2) is 0 Å². The highest BCUT2D eigenvalue weighted by atomic mass is 32.2. The number of fused-ring (bicyclic) bond motifs is 1. The van der Waals surface area contributed by atoms with Gasteiger partial charge in [0.25, 0.3) is 0 Å². The van der Waals surface area contributed by atoms with Crippen LogP contribution in [0.25, 0.3) is 11.0 Å². The topological polar surface area (TPSA) is 76.7 Å². The van der Waals surface area contributed by atoms with E-state index >= 15 is 0 Å². The second-order valence-electron chi connectivity index (χ2n) is 7.85. The average Bonchev–Trinajstić information content (AvgIpc) is 2.75. The monoisotopic (exact) mass is 417 g/mol. The summed E-state index contributed by atoms with van der Waals surface area (Å²) in [6.07, 6.45) is 4.08. The minimum Gasteiger partial charge on any atom is -0.497 e. The summed E-state index contributed by atoms with van der Waals surface area (Å²) in [4.78, 5) is 14.5. The van der Waals surface area contributed by atoms with E-state index in [4.69, 9.17) is 20.2 Å². The van der Waals surface area contributed by atoms with Crippen LogP contribution in [0.15, 0.2) is 29.4 Å². The molecule has 2 saturated heterocycles. The van der Waals surface area contributed by atoms with Crippen LogP contribution >= 0.6 is 11.8 Å². The fourth-order valence-electron chi connectivity index (χ4n) is 3.96. The van der Waals surface area contributed by atoms with Gasteiger partial charge in [-0.25, -0.2) is 4.98 Å². The minimum atomic E-state index is 0.359. The Morgan fingerprint density at radius 3 is 2.59 bits per heavy atom. The smallest absolute Gasteiger partial charge is 0.121 e. The van der Waals surface area contributed by atoms with Crippen LogP contribution in [0.1, 0.15) is 12.8 Å². The van der Waals surface area contributed by atoms with Crippen molar-refractivity contribution in [3.63, 3.8) is 0 Å². The number of benzene rings is 1. The Bertz CT molecular complexity index is 794. The van der Waals surface area contributed by atoms with Crippen molar-refractivity contribution in [2.75, 3.05) is 59.6 Å². The summed E-state index contributed by atoms with van der Waals surface area (Å²) in [5.41, 5.74) is 7.87. The Balaban J connectivity index is 1.47. The van der Waals surface area contributed by atoms with Gasteiger partial charge in [-0.05, 0) is 38.1 Å². The maximum Gasteiger partial charge on any atom is 0.121 e. The maximum atomic E-state index is 6.09. The summed E-state index contributed by atoms with van der Waals surface area (Å²) < 4.78 is 10.9. The number of rotatable bonds is 7. The number of thioether (sulfide) groups is 1. The van der Waals surface area contributed by atoms with Gasteiger partial charge in [-0.3, -0.25) is 9.88 Å². The van der Waals surface area contributed by atoms with Crippen molar-refractivity contribution < 1.29 is 9.47 Å². The van der Waals surface area contributed by atoms with Crippen molar-refractivity contribution >= 4 is 22.8 Å². The highest BCUT2D eigenvalue weighted by molar-refractivity contribution is 7.99. The predicted molar refractivity (Wildman–Crippen MR) is 117 cm³/mol. The molecular formula is C21H31N5O2S. The molecule has 1 aromatic carbocycles. The normalized spacial score (nSPS) is 20.8. The number of piperidine rings is 1. The molecule has 2 fully saturated rings. The van der Waals surface area contributed by atoms with Gasteiger partial charge in [-0.1, -0.05) is 11.8 Å². The van der Waals surface area contributed by atoms with Crippen molar-refractivity contribution in [2.24, 2.45) is 5.73 Å². The highest BCUT2D eigenvalue weighted by Gasteiger charge is 2.24. The van der Waals surface area contributed by atoms with Crippen molar-refractivity contribution in [3.8, 4) is 5.75 Å². The molecule has 0 amide bonds. The van der Waals surface area contributed by atoms with E-state index in [1.165, 1.54) is 0 Å². The molecule has 0 saturated carbocycles. The van der Waals surface area contributed by atoms with Gasteiger partial charge < -0.3 is 20.1 Å². The number of nitrogens with zero attached hydrogens (tertiary/aromatic N) is 4. The third kappa shape index (κ3) is 5.79. The highest BCUT2D eigenvalue weighted by Crippen LogP contribution is 2.26. The molecule has 158 valence electrons. The molecule has 2 N–H and O–H groups in total. The number of ether oxygens (including phenoxy) is 2. The number of hydrogen-bond acceptors (Lipinski definition) is 8. The van der Waals surface area contributed by atoms with Crippen LogP contribution in [0.3, 0.4) is 0 Å². The number of aromatic nitrogens is 2. The SMILES string of the molecule is COc1ccc2ncc(SC(CN3CCOCC3)CN3CCC(N)CC3)nc2c1. The van der Waals surface area contributed by atoms with E-state index in [1.54, 1.807) is 7.11 Å². The van der Waals surface area contributed by atoms with Gasteiger partial charge in [-0.15, -0.1) is 0 Å². The summed E-state index contributed by atoms with van der Waals surface area (Å²) in [5.74, 6) is 0.809. The number of nitrogens with two attached hydrogens (primary N) is 1. The standard InChI is InChI=1S/C21H31N5O2S/c1-27-17-2-3-19-20(12-17)24-21(13-23-19)29-18(15-26-8-10-28-11-9-26)14-25-6-4-16(22)5-7-25/h2-3,12-13,16,18H,4-11,14-15,22H2,1H3. The van der Waals surface area contributed by atoms with Gasteiger partial charge >= 0.3 is 0 Å². The van der Waals surface area contributed by atoms with E-state index in [-0.39, 0.29) is 0 Å². The van der Waals surface area contributed by atoms with E-state index in [1.807, 2.05) is 36.2 Å². The quantitative estimate of drug-likeness (QED) is 0.684. The largest absolute Gasteiger partial charge is 0.497 e. The first-order chi connectivity index (χ1) is 14.2. The predicted octanol–water partition coefficient (Wildman–Crippen LogP) is 1.85. The summed E-state index contributed by atoms with van der Waals surface area (Å²) in [7, 11) is 1.68. The molecule has 0 bridgehead atoms. The third-order valence-corrected chi connectivity index (χ3v) is 6.74. The molecule has 0 spiro atoms. The molecule has 0 aliphatic carbocycles. The molecule has 1 unspecified atom stereocenters. The Hall–Kier alpha value is -1.45. The fraction of sp³-hybridized carbons (Fsp3) is 0.619. The third-order valence-electron chi connectivity index (χ3n) is 5.67. The first-order valence-electron chi connectivity index (χ1n) is 10.4. The second kappa shape index (κ2) is 10.0. The summed E-state index contributed by atoms with van der Waals surface area (Å²) in [5, 5.41) is 1.40. The van der Waals surface area contributed by atoms with Crippen LogP contribution in [0.2, 0.25) is 0 Å². The van der Waals surface area contributed by atoms with Crippen LogP contribution in [0, 0.1) is 0 Å². The van der Waals surface area contributed by atoms with E-state index < -0.39 is 0 Å². The lowest BCUT2D eigenvalue weighted by Crippen LogP contribution is -2.46. The van der Waals surface area contributed by atoms with E-state index in [2.05, 4.69) is 14.8 Å². The van der Waals surface area contributed by atoms with Gasteiger partial charge in [0, 0.05) is 43.5 Å². The zero-order valence-corrected chi connectivity index (χ0v) is 17.9. The lowest BCUT2D eigenvalue weighted by Gasteiger charge is -2.35. The number of methoxy groups -OCH3 is 1. The van der Waals surface area contributed by atoms with Crippen LogP contribution in [0.4, 0.5) is 0 Å². The van der Waals surface area contributed by atoms with Crippen molar-refractivity contribution in [2.45, 2.75) is 29.2 Å². The van der Waals surface area contributed by atoms with Gasteiger partial charge in [0.2, 0.25) is 0 Å². The molecule has 2 aliphatic heterocycles. The van der Waals surface area contributed by atoms with E-state index in [9.17, 15) is 0 Å². The molecule has 2 aromatic rings. The molecule has 8 heteroatoms. The summed E-state index contributed by atoms with van der Waals surface area (Å²) in [6, 6.07) is 6.19. The molecule has 3 heterocycles. The van der Waals surface area contributed by atoms with Crippen LogP contribution in [-0.2, 0) is 4.74 Å². The van der Waals surface area contributed by atoms with Gasteiger partial charge in [0.1, 0.15) is 10.8 Å². The Morgan fingerprint density at radius 2 is 1.86 bits per heavy atom. The number of morpholine rings is 1. The minimum absolute atomic E-state index is 0.359. The van der Waals surface area contributed by atoms with Crippen molar-refractivity contribution in [1.82, 2.24) is 19.8 Å². The first-order valence-corrected chi connectivity index (χ1v) is 11.3. The molecule has 1 atom stereocenters. The average molecular weight is 418 g/mol. The molecule has 4 rings (SSSR count). The maximum absolute atomic E-state index is 6.09. The van der Waals surface area contributed by atoms with E-state index in [0.717, 1.165) is 87.1 Å². The Morgan fingerprint density at radius 1 is 1.14 bits per heavy atom. The zero-order chi connectivity index (χ0) is 20.1. The lowest BCUT2D eigenvalue weighted by molar-refractivity contribution is 0.0366. The number of likely N-dealkylation sites (tertiary alicyclic amines) is 1. The molecule has 2 aliphatic rings. The van der Waals surface area contributed by atoms with Gasteiger partial charge in [0.05, 0.1) is 37.6 Å². The molecule has 7 nitrogen and oxygen atoms in total. The molecule has 1 aromatic heterocycles. The van der Waals surface area contributed by atoms with Gasteiger partial charge in [-0.2, -0.15) is 0 Å². The molecule has 0 radical (unpaired) electrons. The second-order valence-corrected chi connectivity index (χ2v) is 9.17. The Labute approximate surface area is 176 Å². The van der Waals surface area contributed by atoms with Crippen LogP contribution in [0.5, 0.6) is 5.75 Å². The summed E-state index contributed by atoms with van der Waals surface area (Å²) in [6.45, 7) is 7.91.